The van der Waals surface area contributed by atoms with Crippen LogP contribution in [0.2, 0.25) is 0 Å². The molecule has 1 fully saturated rings. The summed E-state index contributed by atoms with van der Waals surface area (Å²) in [5, 5.41) is 4.67. The van der Waals surface area contributed by atoms with Crippen LogP contribution in [0.15, 0.2) is 0 Å². The summed E-state index contributed by atoms with van der Waals surface area (Å²) in [7, 11) is -3.36. The largest absolute Gasteiger partial charge is 0.328 e. The minimum atomic E-state index is -3.36. The first-order valence-corrected chi connectivity index (χ1v) is 6.29. The smallest absolute Gasteiger partial charge is 0.211 e. The van der Waals surface area contributed by atoms with E-state index in [9.17, 15) is 8.42 Å². The Morgan fingerprint density at radius 2 is 1.69 bits per heavy atom. The van der Waals surface area contributed by atoms with Gasteiger partial charge in [0.1, 0.15) is 0 Å². The molecular weight excluding hydrogens is 188 g/mol. The summed E-state index contributed by atoms with van der Waals surface area (Å²) in [6, 6.07) is 0.254. The standard InChI is InChI=1S/C8H18N2O2S/c1-6(13(10,11)12)7-2-4-8(9)5-3-7/h6-8H,2-5,9H2,1H3,(H2,10,11,12). The van der Waals surface area contributed by atoms with Crippen molar-refractivity contribution >= 4 is 10.0 Å². The molecule has 0 heterocycles. The number of sulfonamides is 1. The predicted octanol–water partition coefficient (Wildman–Crippen LogP) is 0.181. The zero-order valence-corrected chi connectivity index (χ0v) is 8.76. The zero-order chi connectivity index (χ0) is 10.1. The lowest BCUT2D eigenvalue weighted by molar-refractivity contribution is 0.319. The van der Waals surface area contributed by atoms with Crippen molar-refractivity contribution < 1.29 is 8.42 Å². The van der Waals surface area contributed by atoms with Crippen molar-refractivity contribution in [3.63, 3.8) is 0 Å². The average molecular weight is 206 g/mol. The molecule has 4 N–H and O–H groups in total. The molecule has 0 bridgehead atoms. The van der Waals surface area contributed by atoms with Crippen molar-refractivity contribution in [2.45, 2.75) is 43.9 Å². The van der Waals surface area contributed by atoms with E-state index >= 15 is 0 Å². The second-order valence-electron chi connectivity index (χ2n) is 3.97. The third-order valence-electron chi connectivity index (χ3n) is 3.00. The molecule has 1 saturated carbocycles. The maximum atomic E-state index is 11.1. The molecular formula is C8H18N2O2S. The number of nitrogens with two attached hydrogens (primary N) is 2. The van der Waals surface area contributed by atoms with E-state index in [4.69, 9.17) is 10.9 Å². The van der Waals surface area contributed by atoms with E-state index in [1.807, 2.05) is 0 Å². The van der Waals surface area contributed by atoms with Crippen LogP contribution in [0.4, 0.5) is 0 Å². The maximum Gasteiger partial charge on any atom is 0.211 e. The molecule has 0 spiro atoms. The maximum absolute atomic E-state index is 11.1. The van der Waals surface area contributed by atoms with Gasteiger partial charge in [0.2, 0.25) is 10.0 Å². The summed E-state index contributed by atoms with van der Waals surface area (Å²) >= 11 is 0. The molecule has 0 aliphatic heterocycles. The molecule has 0 aromatic heterocycles. The highest BCUT2D eigenvalue weighted by molar-refractivity contribution is 7.89. The molecule has 5 heteroatoms. The summed E-state index contributed by atoms with van der Waals surface area (Å²) < 4.78 is 22.1. The van der Waals surface area contributed by atoms with E-state index < -0.39 is 15.3 Å². The fourth-order valence-electron chi connectivity index (χ4n) is 1.88. The summed E-state index contributed by atoms with van der Waals surface area (Å²) in [5.41, 5.74) is 5.73. The normalized spacial score (nSPS) is 32.8. The van der Waals surface area contributed by atoms with E-state index in [0.29, 0.717) is 0 Å². The molecule has 0 radical (unpaired) electrons. The van der Waals surface area contributed by atoms with Crippen molar-refractivity contribution in [1.29, 1.82) is 0 Å². The highest BCUT2D eigenvalue weighted by atomic mass is 32.2. The Balaban J connectivity index is 2.55. The molecule has 0 amide bonds. The van der Waals surface area contributed by atoms with Crippen LogP contribution in [0, 0.1) is 5.92 Å². The van der Waals surface area contributed by atoms with E-state index in [0.717, 1.165) is 25.7 Å². The van der Waals surface area contributed by atoms with Gasteiger partial charge in [-0.05, 0) is 38.5 Å². The molecule has 1 aliphatic rings. The Morgan fingerprint density at radius 1 is 1.23 bits per heavy atom. The summed E-state index contributed by atoms with van der Waals surface area (Å²) in [5.74, 6) is 0.204. The number of primary sulfonamides is 1. The van der Waals surface area contributed by atoms with E-state index in [2.05, 4.69) is 0 Å². The van der Waals surface area contributed by atoms with Crippen LogP contribution < -0.4 is 10.9 Å². The first-order valence-electron chi connectivity index (χ1n) is 4.68. The molecule has 1 atom stereocenters. The lowest BCUT2D eigenvalue weighted by atomic mass is 9.85. The van der Waals surface area contributed by atoms with Gasteiger partial charge < -0.3 is 5.73 Å². The van der Waals surface area contributed by atoms with Crippen LogP contribution in [-0.2, 0) is 10.0 Å². The SMILES string of the molecule is CC(C1CCC(N)CC1)S(N)(=O)=O. The fourth-order valence-corrected chi connectivity index (χ4v) is 2.69. The second-order valence-corrected chi connectivity index (χ2v) is 5.89. The number of rotatable bonds is 2. The highest BCUT2D eigenvalue weighted by Crippen LogP contribution is 2.28. The molecule has 1 rings (SSSR count). The average Bonchev–Trinajstić information content (AvgIpc) is 2.03. The molecule has 1 unspecified atom stereocenters. The first-order chi connectivity index (χ1) is 5.91. The monoisotopic (exact) mass is 206 g/mol. The van der Waals surface area contributed by atoms with Crippen LogP contribution in [0.1, 0.15) is 32.6 Å². The Kier molecular flexibility index (Phi) is 3.32. The van der Waals surface area contributed by atoms with Gasteiger partial charge in [-0.2, -0.15) is 0 Å². The Morgan fingerprint density at radius 3 is 2.08 bits per heavy atom. The van der Waals surface area contributed by atoms with Gasteiger partial charge in [0.15, 0.2) is 0 Å². The van der Waals surface area contributed by atoms with Crippen molar-refractivity contribution in [2.24, 2.45) is 16.8 Å². The molecule has 0 saturated heterocycles. The highest BCUT2D eigenvalue weighted by Gasteiger charge is 2.29. The Hall–Kier alpha value is -0.130. The zero-order valence-electron chi connectivity index (χ0n) is 7.94. The minimum Gasteiger partial charge on any atom is -0.328 e. The van der Waals surface area contributed by atoms with Crippen LogP contribution in [0.3, 0.4) is 0 Å². The van der Waals surface area contributed by atoms with Crippen molar-refractivity contribution in [3.8, 4) is 0 Å². The molecule has 0 aromatic rings. The molecule has 1 aliphatic carbocycles. The summed E-state index contributed by atoms with van der Waals surface area (Å²) in [6.45, 7) is 1.69. The number of hydrogen-bond acceptors (Lipinski definition) is 3. The van der Waals surface area contributed by atoms with E-state index in [-0.39, 0.29) is 12.0 Å². The molecule has 4 nitrogen and oxygen atoms in total. The van der Waals surface area contributed by atoms with Gasteiger partial charge in [0, 0.05) is 6.04 Å². The van der Waals surface area contributed by atoms with Crippen LogP contribution in [0.5, 0.6) is 0 Å². The number of hydrogen-bond donors (Lipinski definition) is 2. The fraction of sp³-hybridized carbons (Fsp3) is 1.00. The van der Waals surface area contributed by atoms with Gasteiger partial charge in [-0.15, -0.1) is 0 Å². The Labute approximate surface area is 79.7 Å². The Bertz CT molecular complexity index is 255. The minimum absolute atomic E-state index is 0.204. The van der Waals surface area contributed by atoms with Crippen molar-refractivity contribution in [1.82, 2.24) is 0 Å². The molecule has 0 aromatic carbocycles. The second kappa shape index (κ2) is 3.94. The van der Waals surface area contributed by atoms with Gasteiger partial charge in [0.25, 0.3) is 0 Å². The first kappa shape index (κ1) is 10.9. The summed E-state index contributed by atoms with van der Waals surface area (Å²) in [6.07, 6.45) is 3.62. The van der Waals surface area contributed by atoms with Gasteiger partial charge in [0.05, 0.1) is 5.25 Å². The third kappa shape index (κ3) is 2.93. The molecule has 13 heavy (non-hydrogen) atoms. The van der Waals surface area contributed by atoms with Crippen molar-refractivity contribution in [3.05, 3.63) is 0 Å². The van der Waals surface area contributed by atoms with Crippen LogP contribution in [-0.4, -0.2) is 19.7 Å². The topological polar surface area (TPSA) is 86.2 Å². The lowest BCUT2D eigenvalue weighted by Crippen LogP contribution is -2.37. The van der Waals surface area contributed by atoms with Gasteiger partial charge >= 0.3 is 0 Å². The predicted molar refractivity (Wildman–Crippen MR) is 52.5 cm³/mol. The van der Waals surface area contributed by atoms with Gasteiger partial charge in [-0.1, -0.05) is 0 Å². The van der Waals surface area contributed by atoms with Crippen LogP contribution in [0.25, 0.3) is 0 Å². The third-order valence-corrected chi connectivity index (χ3v) is 4.42. The quantitative estimate of drug-likeness (QED) is 0.675. The van der Waals surface area contributed by atoms with E-state index in [1.54, 1.807) is 6.92 Å². The van der Waals surface area contributed by atoms with Gasteiger partial charge in [-0.3, -0.25) is 0 Å². The lowest BCUT2D eigenvalue weighted by Gasteiger charge is -2.29. The van der Waals surface area contributed by atoms with Gasteiger partial charge in [-0.25, -0.2) is 13.6 Å². The summed E-state index contributed by atoms with van der Waals surface area (Å²) in [4.78, 5) is 0. The molecule has 78 valence electrons. The van der Waals surface area contributed by atoms with Crippen LogP contribution >= 0.6 is 0 Å². The van der Waals surface area contributed by atoms with Crippen molar-refractivity contribution in [2.75, 3.05) is 0 Å². The van der Waals surface area contributed by atoms with E-state index in [1.165, 1.54) is 0 Å².